The highest BCUT2D eigenvalue weighted by Crippen LogP contribution is 2.08. The number of carbonyl (C=O) groups excluding carboxylic acids is 3. The third-order valence-corrected chi connectivity index (χ3v) is 2.39. The molecular weight excluding hydrogens is 220 g/mol. The van der Waals surface area contributed by atoms with Crippen molar-refractivity contribution in [3.05, 3.63) is 12.2 Å². The largest absolute Gasteiger partial charge is 0.469 e. The minimum Gasteiger partial charge on any atom is -0.469 e. The lowest BCUT2D eigenvalue weighted by Crippen LogP contribution is -1.99. The first kappa shape index (κ1) is 15.6. The summed E-state index contributed by atoms with van der Waals surface area (Å²) in [5, 5.41) is 0. The molecule has 0 bridgehead atoms. The van der Waals surface area contributed by atoms with Gasteiger partial charge in [-0.1, -0.05) is 19.3 Å². The summed E-state index contributed by atoms with van der Waals surface area (Å²) < 4.78 is 4.53. The van der Waals surface area contributed by atoms with Gasteiger partial charge in [-0.3, -0.25) is 14.4 Å². The van der Waals surface area contributed by atoms with E-state index in [0.29, 0.717) is 19.1 Å². The Bertz CT molecular complexity index is 269. The Labute approximate surface area is 102 Å². The van der Waals surface area contributed by atoms with Crippen molar-refractivity contribution in [2.75, 3.05) is 7.11 Å². The number of carbonyl (C=O) groups is 3. The van der Waals surface area contributed by atoms with Gasteiger partial charge in [-0.2, -0.15) is 0 Å². The fourth-order valence-electron chi connectivity index (χ4n) is 1.43. The van der Waals surface area contributed by atoms with Gasteiger partial charge < -0.3 is 4.74 Å². The molecule has 96 valence electrons. The van der Waals surface area contributed by atoms with E-state index in [0.717, 1.165) is 32.1 Å². The lowest BCUT2D eigenvalue weighted by Gasteiger charge is -2.00. The molecule has 0 aliphatic rings. The first-order valence-electron chi connectivity index (χ1n) is 5.92. The third kappa shape index (κ3) is 10.8. The van der Waals surface area contributed by atoms with Crippen LogP contribution in [0.25, 0.3) is 0 Å². The zero-order valence-electron chi connectivity index (χ0n) is 10.3. The van der Waals surface area contributed by atoms with Crippen LogP contribution >= 0.6 is 0 Å². The second kappa shape index (κ2) is 11.0. The SMILES string of the molecule is COC(=O)CCCCCCCC(=O)/C=C\C=O. The molecule has 0 radical (unpaired) electrons. The van der Waals surface area contributed by atoms with Gasteiger partial charge in [-0.25, -0.2) is 0 Å². The predicted molar refractivity (Wildman–Crippen MR) is 64.5 cm³/mol. The molecule has 0 saturated carbocycles. The number of hydrogen-bond donors (Lipinski definition) is 0. The highest BCUT2D eigenvalue weighted by Gasteiger charge is 2.00. The molecule has 0 N–H and O–H groups in total. The Morgan fingerprint density at radius 1 is 1.00 bits per heavy atom. The van der Waals surface area contributed by atoms with Crippen LogP contribution in [0.2, 0.25) is 0 Å². The van der Waals surface area contributed by atoms with E-state index in [-0.39, 0.29) is 11.8 Å². The second-order valence-corrected chi connectivity index (χ2v) is 3.81. The molecule has 0 spiro atoms. The number of ether oxygens (including phenoxy) is 1. The average molecular weight is 240 g/mol. The van der Waals surface area contributed by atoms with E-state index in [1.165, 1.54) is 19.3 Å². The van der Waals surface area contributed by atoms with Crippen molar-refractivity contribution in [1.82, 2.24) is 0 Å². The molecule has 0 rings (SSSR count). The fraction of sp³-hybridized carbons (Fsp3) is 0.615. The van der Waals surface area contributed by atoms with Crippen LogP contribution in [0.15, 0.2) is 12.2 Å². The molecular formula is C13H20O4. The average Bonchev–Trinajstić information content (AvgIpc) is 2.34. The van der Waals surface area contributed by atoms with Gasteiger partial charge in [0.05, 0.1) is 7.11 Å². The molecule has 0 aromatic rings. The Kier molecular flexibility index (Phi) is 10.1. The number of unbranched alkanes of at least 4 members (excludes halogenated alkanes) is 4. The first-order valence-corrected chi connectivity index (χ1v) is 5.92. The van der Waals surface area contributed by atoms with Gasteiger partial charge in [0.15, 0.2) is 5.78 Å². The molecule has 4 heteroatoms. The summed E-state index contributed by atoms with van der Waals surface area (Å²) in [5.74, 6) is -0.175. The Hall–Kier alpha value is -1.45. The highest BCUT2D eigenvalue weighted by atomic mass is 16.5. The van der Waals surface area contributed by atoms with E-state index in [2.05, 4.69) is 4.74 Å². The summed E-state index contributed by atoms with van der Waals surface area (Å²) in [6.07, 6.45) is 8.73. The number of esters is 1. The van der Waals surface area contributed by atoms with Crippen molar-refractivity contribution in [1.29, 1.82) is 0 Å². The molecule has 0 atom stereocenters. The lowest BCUT2D eigenvalue weighted by molar-refractivity contribution is -0.140. The van der Waals surface area contributed by atoms with Crippen LogP contribution in [0.4, 0.5) is 0 Å². The number of allylic oxidation sites excluding steroid dienone is 2. The smallest absolute Gasteiger partial charge is 0.305 e. The maximum Gasteiger partial charge on any atom is 0.305 e. The van der Waals surface area contributed by atoms with Gasteiger partial charge in [-0.15, -0.1) is 0 Å². The number of ketones is 1. The minimum absolute atomic E-state index is 0.00772. The summed E-state index contributed by atoms with van der Waals surface area (Å²) in [4.78, 5) is 31.9. The highest BCUT2D eigenvalue weighted by molar-refractivity contribution is 5.92. The van der Waals surface area contributed by atoms with E-state index in [1.807, 2.05) is 0 Å². The van der Waals surface area contributed by atoms with Gasteiger partial charge in [0.25, 0.3) is 0 Å². The predicted octanol–water partition coefficient (Wildman–Crippen LogP) is 2.21. The van der Waals surface area contributed by atoms with E-state index in [1.54, 1.807) is 0 Å². The minimum atomic E-state index is -0.167. The Balaban J connectivity index is 3.29. The molecule has 0 unspecified atom stereocenters. The van der Waals surface area contributed by atoms with E-state index in [4.69, 9.17) is 0 Å². The zero-order chi connectivity index (χ0) is 12.9. The van der Waals surface area contributed by atoms with Crippen molar-refractivity contribution in [2.45, 2.75) is 44.9 Å². The Morgan fingerprint density at radius 3 is 2.18 bits per heavy atom. The molecule has 4 nitrogen and oxygen atoms in total. The van der Waals surface area contributed by atoms with Crippen molar-refractivity contribution in [3.63, 3.8) is 0 Å². The molecule has 0 aliphatic carbocycles. The van der Waals surface area contributed by atoms with Gasteiger partial charge in [-0.05, 0) is 25.0 Å². The molecule has 0 fully saturated rings. The molecule has 17 heavy (non-hydrogen) atoms. The van der Waals surface area contributed by atoms with Crippen LogP contribution in [0.3, 0.4) is 0 Å². The second-order valence-electron chi connectivity index (χ2n) is 3.81. The van der Waals surface area contributed by atoms with E-state index >= 15 is 0 Å². The van der Waals surface area contributed by atoms with Gasteiger partial charge >= 0.3 is 5.97 Å². The van der Waals surface area contributed by atoms with Crippen molar-refractivity contribution in [2.24, 2.45) is 0 Å². The maximum atomic E-state index is 11.1. The van der Waals surface area contributed by atoms with Gasteiger partial charge in [0.2, 0.25) is 0 Å². The van der Waals surface area contributed by atoms with Crippen molar-refractivity contribution >= 4 is 18.0 Å². The summed E-state index contributed by atoms with van der Waals surface area (Å²) in [5.41, 5.74) is 0. The van der Waals surface area contributed by atoms with Crippen molar-refractivity contribution in [3.8, 4) is 0 Å². The fourth-order valence-corrected chi connectivity index (χ4v) is 1.43. The molecule has 0 saturated heterocycles. The number of hydrogen-bond acceptors (Lipinski definition) is 4. The van der Waals surface area contributed by atoms with Crippen LogP contribution in [0.1, 0.15) is 44.9 Å². The van der Waals surface area contributed by atoms with Gasteiger partial charge in [0, 0.05) is 12.8 Å². The van der Waals surface area contributed by atoms with Crippen LogP contribution in [-0.4, -0.2) is 25.1 Å². The van der Waals surface area contributed by atoms with Crippen LogP contribution in [0, 0.1) is 0 Å². The van der Waals surface area contributed by atoms with Crippen LogP contribution in [-0.2, 0) is 19.1 Å². The van der Waals surface area contributed by atoms with Crippen LogP contribution < -0.4 is 0 Å². The molecule has 0 aliphatic heterocycles. The first-order chi connectivity index (χ1) is 8.20. The quantitative estimate of drug-likeness (QED) is 0.254. The maximum absolute atomic E-state index is 11.1. The monoisotopic (exact) mass is 240 g/mol. The molecule has 0 aromatic heterocycles. The standard InChI is InChI=1S/C13H20O4/c1-17-13(16)10-6-4-2-3-5-8-12(15)9-7-11-14/h7,9,11H,2-6,8,10H2,1H3/b9-7-. The Morgan fingerprint density at radius 2 is 1.59 bits per heavy atom. The van der Waals surface area contributed by atoms with Crippen LogP contribution in [0.5, 0.6) is 0 Å². The number of rotatable bonds is 10. The molecule has 0 aromatic carbocycles. The van der Waals surface area contributed by atoms with E-state index in [9.17, 15) is 14.4 Å². The summed E-state index contributed by atoms with van der Waals surface area (Å²) >= 11 is 0. The summed E-state index contributed by atoms with van der Waals surface area (Å²) in [6.45, 7) is 0. The third-order valence-electron chi connectivity index (χ3n) is 2.39. The van der Waals surface area contributed by atoms with Gasteiger partial charge in [0.1, 0.15) is 6.29 Å². The molecule has 0 amide bonds. The zero-order valence-corrected chi connectivity index (χ0v) is 10.3. The summed E-state index contributed by atoms with van der Waals surface area (Å²) in [6, 6.07) is 0. The lowest BCUT2D eigenvalue weighted by atomic mass is 10.1. The molecule has 0 heterocycles. The normalized spacial score (nSPS) is 10.4. The topological polar surface area (TPSA) is 60.4 Å². The number of aldehydes is 1. The van der Waals surface area contributed by atoms with Crippen molar-refractivity contribution < 1.29 is 19.1 Å². The van der Waals surface area contributed by atoms with E-state index < -0.39 is 0 Å². The summed E-state index contributed by atoms with van der Waals surface area (Å²) in [7, 11) is 1.39. The number of methoxy groups -OCH3 is 1.